The van der Waals surface area contributed by atoms with Gasteiger partial charge in [0, 0.05) is 30.4 Å². The van der Waals surface area contributed by atoms with E-state index in [9.17, 15) is 0 Å². The Bertz CT molecular complexity index is 561. The summed E-state index contributed by atoms with van der Waals surface area (Å²) < 4.78 is 6.98. The Balaban J connectivity index is 2.26. The van der Waals surface area contributed by atoms with E-state index in [2.05, 4.69) is 40.1 Å². The summed E-state index contributed by atoms with van der Waals surface area (Å²) in [4.78, 5) is 2.27. The molecule has 0 aliphatic carbocycles. The molecule has 0 unspecified atom stereocenters. The number of anilines is 1. The molecule has 0 aliphatic heterocycles. The van der Waals surface area contributed by atoms with Crippen LogP contribution in [0.5, 0.6) is 5.75 Å². The Kier molecular flexibility index (Phi) is 4.70. The molecule has 0 N–H and O–H groups in total. The van der Waals surface area contributed by atoms with Crippen LogP contribution in [-0.4, -0.2) is 41.3 Å². The normalized spacial score (nSPS) is 10.9. The van der Waals surface area contributed by atoms with Crippen LogP contribution in [0.2, 0.25) is 0 Å². The van der Waals surface area contributed by atoms with Crippen molar-refractivity contribution in [3.8, 4) is 5.75 Å². The van der Waals surface area contributed by atoms with Crippen molar-refractivity contribution >= 4 is 11.9 Å². The van der Waals surface area contributed by atoms with Crippen LogP contribution in [0.25, 0.3) is 0 Å². The predicted molar refractivity (Wildman–Crippen MR) is 79.6 cm³/mol. The predicted octanol–water partition coefficient (Wildman–Crippen LogP) is 2.02. The standard InChI is InChI=1S/C14H19N5O/c1-4-18(5-2)13-7-6-12(14(8-13)20-3)9-17-19-10-15-16-11-19/h6-11H,4-5H2,1-3H3/b17-9-. The second-order valence-electron chi connectivity index (χ2n) is 4.19. The second-order valence-corrected chi connectivity index (χ2v) is 4.19. The molecule has 0 amide bonds. The number of hydrogen-bond acceptors (Lipinski definition) is 5. The molecule has 0 atom stereocenters. The molecule has 1 heterocycles. The van der Waals surface area contributed by atoms with Crippen molar-refractivity contribution in [2.24, 2.45) is 5.10 Å². The van der Waals surface area contributed by atoms with Crippen LogP contribution in [-0.2, 0) is 0 Å². The van der Waals surface area contributed by atoms with Crippen molar-refractivity contribution in [2.45, 2.75) is 13.8 Å². The van der Waals surface area contributed by atoms with Gasteiger partial charge < -0.3 is 9.64 Å². The SMILES string of the molecule is CCN(CC)c1ccc(/C=N\n2cnnc2)c(OC)c1. The summed E-state index contributed by atoms with van der Waals surface area (Å²) in [6.45, 7) is 6.20. The van der Waals surface area contributed by atoms with Crippen molar-refractivity contribution in [2.75, 3.05) is 25.1 Å². The molecule has 106 valence electrons. The van der Waals surface area contributed by atoms with Crippen LogP contribution in [0.4, 0.5) is 5.69 Å². The van der Waals surface area contributed by atoms with E-state index in [1.807, 2.05) is 12.1 Å². The van der Waals surface area contributed by atoms with Gasteiger partial charge in [0.15, 0.2) is 0 Å². The van der Waals surface area contributed by atoms with Crippen LogP contribution in [0.1, 0.15) is 19.4 Å². The Morgan fingerprint density at radius 1 is 1.25 bits per heavy atom. The molecule has 0 spiro atoms. The third-order valence-electron chi connectivity index (χ3n) is 3.08. The Morgan fingerprint density at radius 3 is 2.55 bits per heavy atom. The highest BCUT2D eigenvalue weighted by atomic mass is 16.5. The maximum absolute atomic E-state index is 5.44. The van der Waals surface area contributed by atoms with Gasteiger partial charge in [-0.15, -0.1) is 10.2 Å². The van der Waals surface area contributed by atoms with Gasteiger partial charge in [0.2, 0.25) is 0 Å². The minimum absolute atomic E-state index is 0.797. The first-order valence-corrected chi connectivity index (χ1v) is 6.60. The topological polar surface area (TPSA) is 55.5 Å². The van der Waals surface area contributed by atoms with Crippen LogP contribution in [0, 0.1) is 0 Å². The monoisotopic (exact) mass is 273 g/mol. The fourth-order valence-corrected chi connectivity index (χ4v) is 1.98. The molecule has 0 radical (unpaired) electrons. The molecular formula is C14H19N5O. The van der Waals surface area contributed by atoms with Gasteiger partial charge in [-0.3, -0.25) is 0 Å². The van der Waals surface area contributed by atoms with E-state index in [4.69, 9.17) is 4.74 Å². The minimum atomic E-state index is 0.797. The Morgan fingerprint density at radius 2 is 1.95 bits per heavy atom. The first-order chi connectivity index (χ1) is 9.78. The second kappa shape index (κ2) is 6.70. The summed E-state index contributed by atoms with van der Waals surface area (Å²) >= 11 is 0. The van der Waals surface area contributed by atoms with Gasteiger partial charge >= 0.3 is 0 Å². The number of benzene rings is 1. The van der Waals surface area contributed by atoms with Crippen LogP contribution < -0.4 is 9.64 Å². The Hall–Kier alpha value is -2.37. The summed E-state index contributed by atoms with van der Waals surface area (Å²) in [6.07, 6.45) is 4.80. The highest BCUT2D eigenvalue weighted by molar-refractivity contribution is 5.84. The summed E-state index contributed by atoms with van der Waals surface area (Å²) in [5.74, 6) is 0.797. The molecule has 0 saturated carbocycles. The van der Waals surface area contributed by atoms with Crippen molar-refractivity contribution < 1.29 is 4.74 Å². The molecule has 0 fully saturated rings. The maximum atomic E-state index is 5.44. The van der Waals surface area contributed by atoms with Gasteiger partial charge in [-0.05, 0) is 26.0 Å². The van der Waals surface area contributed by atoms with Crippen molar-refractivity contribution in [1.29, 1.82) is 0 Å². The average Bonchev–Trinajstić information content (AvgIpc) is 3.00. The van der Waals surface area contributed by atoms with E-state index in [0.29, 0.717) is 0 Å². The summed E-state index contributed by atoms with van der Waals surface area (Å²) in [7, 11) is 1.66. The van der Waals surface area contributed by atoms with Crippen molar-refractivity contribution in [3.63, 3.8) is 0 Å². The molecule has 0 aliphatic rings. The Labute approximate surface area is 118 Å². The molecule has 6 heteroatoms. The van der Waals surface area contributed by atoms with Gasteiger partial charge in [0.05, 0.1) is 13.3 Å². The van der Waals surface area contributed by atoms with E-state index in [0.717, 1.165) is 30.1 Å². The van der Waals surface area contributed by atoms with Crippen molar-refractivity contribution in [1.82, 2.24) is 14.9 Å². The highest BCUT2D eigenvalue weighted by Crippen LogP contribution is 2.24. The molecule has 1 aromatic heterocycles. The molecule has 20 heavy (non-hydrogen) atoms. The number of aromatic nitrogens is 3. The number of ether oxygens (including phenoxy) is 1. The minimum Gasteiger partial charge on any atom is -0.496 e. The molecule has 2 aromatic rings. The maximum Gasteiger partial charge on any atom is 0.141 e. The first kappa shape index (κ1) is 14.0. The number of methoxy groups -OCH3 is 1. The van der Waals surface area contributed by atoms with Gasteiger partial charge in [0.25, 0.3) is 0 Å². The summed E-state index contributed by atoms with van der Waals surface area (Å²) in [5, 5.41) is 11.6. The lowest BCUT2D eigenvalue weighted by molar-refractivity contribution is 0.414. The quantitative estimate of drug-likeness (QED) is 0.756. The number of hydrogen-bond donors (Lipinski definition) is 0. The lowest BCUT2D eigenvalue weighted by Crippen LogP contribution is -2.21. The zero-order chi connectivity index (χ0) is 14.4. The first-order valence-electron chi connectivity index (χ1n) is 6.60. The number of nitrogens with zero attached hydrogens (tertiary/aromatic N) is 5. The molecule has 0 saturated heterocycles. The van der Waals surface area contributed by atoms with Gasteiger partial charge in [-0.2, -0.15) is 5.10 Å². The molecule has 2 rings (SSSR count). The molecule has 1 aromatic carbocycles. The van der Waals surface area contributed by atoms with Gasteiger partial charge in [-0.1, -0.05) is 0 Å². The van der Waals surface area contributed by atoms with E-state index in [1.54, 1.807) is 13.3 Å². The highest BCUT2D eigenvalue weighted by Gasteiger charge is 2.06. The lowest BCUT2D eigenvalue weighted by Gasteiger charge is -2.21. The average molecular weight is 273 g/mol. The third-order valence-corrected chi connectivity index (χ3v) is 3.08. The van der Waals surface area contributed by atoms with E-state index >= 15 is 0 Å². The molecular weight excluding hydrogens is 254 g/mol. The zero-order valence-electron chi connectivity index (χ0n) is 12.0. The summed E-state index contributed by atoms with van der Waals surface area (Å²) in [5.41, 5.74) is 2.06. The molecule has 6 nitrogen and oxygen atoms in total. The number of rotatable bonds is 6. The summed E-state index contributed by atoms with van der Waals surface area (Å²) in [6, 6.07) is 6.10. The van der Waals surface area contributed by atoms with Crippen molar-refractivity contribution in [3.05, 3.63) is 36.4 Å². The van der Waals surface area contributed by atoms with Gasteiger partial charge in [0.1, 0.15) is 18.4 Å². The van der Waals surface area contributed by atoms with Crippen LogP contribution in [0.15, 0.2) is 36.0 Å². The van der Waals surface area contributed by atoms with Gasteiger partial charge in [-0.25, -0.2) is 4.68 Å². The smallest absolute Gasteiger partial charge is 0.141 e. The fraction of sp³-hybridized carbons (Fsp3) is 0.357. The van der Waals surface area contributed by atoms with Crippen LogP contribution in [0.3, 0.4) is 0 Å². The third kappa shape index (κ3) is 3.14. The van der Waals surface area contributed by atoms with E-state index in [-0.39, 0.29) is 0 Å². The fourth-order valence-electron chi connectivity index (χ4n) is 1.98. The lowest BCUT2D eigenvalue weighted by atomic mass is 10.2. The zero-order valence-corrected chi connectivity index (χ0v) is 12.0. The van der Waals surface area contributed by atoms with E-state index < -0.39 is 0 Å². The van der Waals surface area contributed by atoms with Crippen LogP contribution >= 0.6 is 0 Å². The molecule has 0 bridgehead atoms. The van der Waals surface area contributed by atoms with E-state index in [1.165, 1.54) is 17.3 Å². The largest absolute Gasteiger partial charge is 0.496 e.